The number of ketones is 1. The van der Waals surface area contributed by atoms with Crippen molar-refractivity contribution in [2.45, 2.75) is 25.9 Å². The number of carbonyl (C=O) groups is 1. The van der Waals surface area contributed by atoms with Gasteiger partial charge in [0.15, 0.2) is 11.5 Å². The van der Waals surface area contributed by atoms with Gasteiger partial charge < -0.3 is 5.11 Å². The molecule has 1 N–H and O–H groups in total. The van der Waals surface area contributed by atoms with E-state index in [9.17, 15) is 33.2 Å². The lowest BCUT2D eigenvalue weighted by Gasteiger charge is -2.13. The van der Waals surface area contributed by atoms with E-state index in [-0.39, 0.29) is 11.1 Å². The number of carbonyl (C=O) groups excluding carboxylic acids is 1. The largest absolute Gasteiger partial charge is 0.502 e. The molecule has 0 aliphatic carbocycles. The van der Waals surface area contributed by atoms with Gasteiger partial charge in [-0.05, 0) is 24.1 Å². The molecule has 0 aliphatic rings. The Bertz CT molecular complexity index is 908. The lowest BCUT2D eigenvalue weighted by Crippen LogP contribution is -2.15. The Morgan fingerprint density at radius 3 is 2.52 bits per heavy atom. The summed E-state index contributed by atoms with van der Waals surface area (Å²) in [6.45, 7) is 1.73. The van der Waals surface area contributed by atoms with Gasteiger partial charge in [0.25, 0.3) is 0 Å². The number of nitro benzene ring substituents is 1. The number of allylic oxidation sites excluding steroid dienone is 2. The Balaban J connectivity index is 2.45. The summed E-state index contributed by atoms with van der Waals surface area (Å²) in [5, 5.41) is 21.1. The fraction of sp³-hybridized carbons (Fsp3) is 0.222. The number of nitrogens with zero attached hydrogens (tertiary/aromatic N) is 2. The van der Waals surface area contributed by atoms with Crippen LogP contribution in [-0.4, -0.2) is 20.8 Å². The monoisotopic (exact) mass is 380 g/mol. The molecule has 0 unspecified atom stereocenters. The van der Waals surface area contributed by atoms with E-state index in [2.05, 4.69) is 4.98 Å². The van der Waals surface area contributed by atoms with E-state index in [0.29, 0.717) is 6.42 Å². The minimum Gasteiger partial charge on any atom is -0.502 e. The fourth-order valence-corrected chi connectivity index (χ4v) is 2.59. The van der Waals surface area contributed by atoms with Crippen LogP contribution in [0.2, 0.25) is 0 Å². The third-order valence-electron chi connectivity index (χ3n) is 3.74. The molecular weight excluding hydrogens is 365 g/mol. The zero-order valence-corrected chi connectivity index (χ0v) is 14.2. The molecule has 1 heterocycles. The number of hydrogen-bond donors (Lipinski definition) is 1. The van der Waals surface area contributed by atoms with Gasteiger partial charge in [-0.3, -0.25) is 19.9 Å². The number of phenols is 1. The average molecular weight is 380 g/mol. The first-order chi connectivity index (χ1) is 12.7. The van der Waals surface area contributed by atoms with Crippen LogP contribution in [-0.2, 0) is 6.18 Å². The zero-order valence-electron chi connectivity index (χ0n) is 14.2. The molecule has 0 radical (unpaired) electrons. The van der Waals surface area contributed by atoms with Gasteiger partial charge in [-0.2, -0.15) is 13.2 Å². The molecule has 0 amide bonds. The second kappa shape index (κ2) is 7.98. The van der Waals surface area contributed by atoms with Crippen LogP contribution < -0.4 is 0 Å². The third kappa shape index (κ3) is 4.49. The van der Waals surface area contributed by atoms with Crippen LogP contribution in [0.15, 0.2) is 42.6 Å². The van der Waals surface area contributed by atoms with Gasteiger partial charge in [0, 0.05) is 29.8 Å². The number of nitro groups is 1. The van der Waals surface area contributed by atoms with Gasteiger partial charge in [0.05, 0.1) is 4.92 Å². The molecule has 0 bridgehead atoms. The fourth-order valence-electron chi connectivity index (χ4n) is 2.59. The van der Waals surface area contributed by atoms with Crippen molar-refractivity contribution in [2.24, 2.45) is 0 Å². The van der Waals surface area contributed by atoms with Gasteiger partial charge >= 0.3 is 11.9 Å². The zero-order chi connectivity index (χ0) is 20.2. The second-order valence-electron chi connectivity index (χ2n) is 5.57. The van der Waals surface area contributed by atoms with E-state index in [1.54, 1.807) is 6.92 Å². The van der Waals surface area contributed by atoms with Crippen molar-refractivity contribution in [1.82, 2.24) is 4.98 Å². The predicted molar refractivity (Wildman–Crippen MR) is 91.2 cm³/mol. The van der Waals surface area contributed by atoms with Crippen LogP contribution in [0.1, 0.15) is 41.4 Å². The van der Waals surface area contributed by atoms with Crippen LogP contribution in [0.4, 0.5) is 18.9 Å². The Morgan fingerprint density at radius 2 is 1.93 bits per heavy atom. The number of phenolic OH excluding ortho intramolecular Hbond substituents is 1. The summed E-state index contributed by atoms with van der Waals surface area (Å²) in [6, 6.07) is 6.02. The minimum atomic E-state index is -4.80. The van der Waals surface area contributed by atoms with Gasteiger partial charge in [0.2, 0.25) is 5.75 Å². The maximum absolute atomic E-state index is 13.1. The second-order valence-corrected chi connectivity index (χ2v) is 5.57. The summed E-state index contributed by atoms with van der Waals surface area (Å²) in [4.78, 5) is 25.9. The summed E-state index contributed by atoms with van der Waals surface area (Å²) >= 11 is 0. The highest BCUT2D eigenvalue weighted by molar-refractivity contribution is 6.03. The van der Waals surface area contributed by atoms with Gasteiger partial charge in [0.1, 0.15) is 0 Å². The Morgan fingerprint density at radius 1 is 1.26 bits per heavy atom. The Hall–Kier alpha value is -3.23. The summed E-state index contributed by atoms with van der Waals surface area (Å²) < 4.78 is 39.2. The first kappa shape index (κ1) is 20.1. The minimum absolute atomic E-state index is 0.0249. The number of benzene rings is 1. The molecule has 2 rings (SSSR count). The van der Waals surface area contributed by atoms with Crippen molar-refractivity contribution >= 4 is 17.0 Å². The summed E-state index contributed by atoms with van der Waals surface area (Å²) in [5.74, 6) is -1.50. The number of halogens is 3. The standard InChI is InChI=1S/C18H15F3N2O4/c1-2-5-11(12-6-3-8-14(16(12)25)23(26)27)10-15(24)13-7-4-9-22-17(13)18(19,20)21/h3-9,25H,2,10H2,1H3/b11-5+. The van der Waals surface area contributed by atoms with Crippen LogP contribution in [0.25, 0.3) is 5.57 Å². The van der Waals surface area contributed by atoms with E-state index in [1.165, 1.54) is 24.3 Å². The summed E-state index contributed by atoms with van der Waals surface area (Å²) in [5.41, 5.74) is -2.23. The maximum Gasteiger partial charge on any atom is 0.434 e. The average Bonchev–Trinajstić information content (AvgIpc) is 2.60. The van der Waals surface area contributed by atoms with E-state index in [4.69, 9.17) is 0 Å². The highest BCUT2D eigenvalue weighted by Crippen LogP contribution is 2.37. The molecular formula is C18H15F3N2O4. The van der Waals surface area contributed by atoms with Crippen molar-refractivity contribution in [2.75, 3.05) is 0 Å². The van der Waals surface area contributed by atoms with Crippen molar-refractivity contribution in [3.8, 4) is 5.75 Å². The quantitative estimate of drug-likeness (QED) is 0.442. The van der Waals surface area contributed by atoms with E-state index < -0.39 is 46.0 Å². The van der Waals surface area contributed by atoms with Crippen molar-refractivity contribution in [3.05, 3.63) is 69.5 Å². The van der Waals surface area contributed by atoms with E-state index in [0.717, 1.165) is 18.3 Å². The van der Waals surface area contributed by atoms with E-state index in [1.807, 2.05) is 0 Å². The number of aromatic hydroxyl groups is 1. The molecule has 1 aromatic heterocycles. The molecule has 0 fully saturated rings. The first-order valence-corrected chi connectivity index (χ1v) is 7.88. The Kier molecular flexibility index (Phi) is 5.94. The van der Waals surface area contributed by atoms with Crippen molar-refractivity contribution < 1.29 is 28.0 Å². The lowest BCUT2D eigenvalue weighted by molar-refractivity contribution is -0.385. The molecule has 0 atom stereocenters. The normalized spacial score (nSPS) is 12.1. The highest BCUT2D eigenvalue weighted by atomic mass is 19.4. The molecule has 0 saturated carbocycles. The molecule has 2 aromatic rings. The SMILES string of the molecule is CC/C=C(\CC(=O)c1cccnc1C(F)(F)F)c1cccc([N+](=O)[O-])c1O. The van der Waals surface area contributed by atoms with Crippen molar-refractivity contribution in [3.63, 3.8) is 0 Å². The van der Waals surface area contributed by atoms with Crippen LogP contribution in [0.3, 0.4) is 0 Å². The number of Topliss-reactive ketones (excluding diaryl/α,β-unsaturated/α-hetero) is 1. The van der Waals surface area contributed by atoms with Crippen LogP contribution in [0, 0.1) is 10.1 Å². The number of para-hydroxylation sites is 1. The van der Waals surface area contributed by atoms with E-state index >= 15 is 0 Å². The molecule has 27 heavy (non-hydrogen) atoms. The highest BCUT2D eigenvalue weighted by Gasteiger charge is 2.37. The van der Waals surface area contributed by atoms with Gasteiger partial charge in [-0.25, -0.2) is 0 Å². The number of alkyl halides is 3. The number of hydrogen-bond acceptors (Lipinski definition) is 5. The van der Waals surface area contributed by atoms with Crippen molar-refractivity contribution in [1.29, 1.82) is 0 Å². The number of rotatable bonds is 6. The molecule has 142 valence electrons. The summed E-state index contributed by atoms with van der Waals surface area (Å²) in [7, 11) is 0. The predicted octanol–water partition coefficient (Wildman–Crippen LogP) is 4.78. The topological polar surface area (TPSA) is 93.3 Å². The first-order valence-electron chi connectivity index (χ1n) is 7.88. The number of pyridine rings is 1. The molecule has 0 aliphatic heterocycles. The van der Waals surface area contributed by atoms with Gasteiger partial charge in [-0.15, -0.1) is 0 Å². The van der Waals surface area contributed by atoms with Crippen LogP contribution >= 0.6 is 0 Å². The smallest absolute Gasteiger partial charge is 0.434 e. The Labute approximate surface area is 152 Å². The molecule has 0 spiro atoms. The molecule has 6 nitrogen and oxygen atoms in total. The molecule has 1 aromatic carbocycles. The maximum atomic E-state index is 13.1. The van der Waals surface area contributed by atoms with Gasteiger partial charge in [-0.1, -0.05) is 25.1 Å². The molecule has 9 heteroatoms. The van der Waals surface area contributed by atoms with Crippen LogP contribution in [0.5, 0.6) is 5.75 Å². The lowest BCUT2D eigenvalue weighted by atomic mass is 9.94. The summed E-state index contributed by atoms with van der Waals surface area (Å²) in [6.07, 6.45) is -2.40. The third-order valence-corrected chi connectivity index (χ3v) is 3.74. The number of aromatic nitrogens is 1. The molecule has 0 saturated heterocycles.